The Balaban J connectivity index is 1.74. The van der Waals surface area contributed by atoms with Crippen molar-refractivity contribution in [1.29, 1.82) is 0 Å². The smallest absolute Gasteiger partial charge is 0.194 e. The fraction of sp³-hybridized carbons (Fsp3) is 0. The zero-order chi connectivity index (χ0) is 25.1. The van der Waals surface area contributed by atoms with Crippen molar-refractivity contribution >= 4 is 43.4 Å². The van der Waals surface area contributed by atoms with Crippen LogP contribution in [0.25, 0.3) is 22.3 Å². The van der Waals surface area contributed by atoms with Gasteiger partial charge >= 0.3 is 0 Å². The van der Waals surface area contributed by atoms with Crippen molar-refractivity contribution in [2.45, 2.75) is 0 Å². The van der Waals surface area contributed by atoms with Crippen molar-refractivity contribution in [3.05, 3.63) is 153 Å². The van der Waals surface area contributed by atoms with E-state index in [1.165, 1.54) is 0 Å². The number of ketones is 2. The summed E-state index contributed by atoms with van der Waals surface area (Å²) in [6.45, 7) is 0. The first kappa shape index (κ1) is 24.1. The van der Waals surface area contributed by atoms with Crippen LogP contribution in [0.1, 0.15) is 31.8 Å². The summed E-state index contributed by atoms with van der Waals surface area (Å²) in [4.78, 5) is 27.6. The van der Waals surface area contributed by atoms with Crippen molar-refractivity contribution in [1.82, 2.24) is 0 Å². The van der Waals surface area contributed by atoms with E-state index in [0.717, 1.165) is 31.2 Å². The maximum Gasteiger partial charge on any atom is 0.194 e. The van der Waals surface area contributed by atoms with Gasteiger partial charge in [-0.25, -0.2) is 0 Å². The van der Waals surface area contributed by atoms with Crippen LogP contribution in [-0.2, 0) is 0 Å². The summed E-state index contributed by atoms with van der Waals surface area (Å²) >= 11 is 7.37. The molecule has 0 amide bonds. The molecule has 0 fully saturated rings. The van der Waals surface area contributed by atoms with Gasteiger partial charge in [0.05, 0.1) is 0 Å². The van der Waals surface area contributed by atoms with Gasteiger partial charge in [0, 0.05) is 36.8 Å². The topological polar surface area (TPSA) is 34.1 Å². The largest absolute Gasteiger partial charge is 0.289 e. The molecule has 174 valence electrons. The zero-order valence-electron chi connectivity index (χ0n) is 19.1. The Morgan fingerprint density at radius 3 is 1.53 bits per heavy atom. The number of hydrogen-bond donors (Lipinski definition) is 0. The quantitative estimate of drug-likeness (QED) is 0.184. The van der Waals surface area contributed by atoms with Gasteiger partial charge in [-0.2, -0.15) is 0 Å². The molecule has 0 N–H and O–H groups in total. The monoisotopic (exact) mass is 594 g/mol. The third-order valence-electron chi connectivity index (χ3n) is 6.07. The SMILES string of the molecule is O=C(c1ccccc1)c1ccccc1C(=O)c1cccc(-c2ccccc2Br)c1-c1ccccc1Br. The molecule has 0 aliphatic rings. The highest BCUT2D eigenvalue weighted by molar-refractivity contribution is 9.11. The van der Waals surface area contributed by atoms with Crippen LogP contribution < -0.4 is 0 Å². The molecule has 0 atom stereocenters. The van der Waals surface area contributed by atoms with E-state index in [0.29, 0.717) is 22.3 Å². The number of hydrogen-bond acceptors (Lipinski definition) is 2. The van der Waals surface area contributed by atoms with Gasteiger partial charge in [0.25, 0.3) is 0 Å². The van der Waals surface area contributed by atoms with Crippen molar-refractivity contribution < 1.29 is 9.59 Å². The summed E-state index contributed by atoms with van der Waals surface area (Å²) in [6.07, 6.45) is 0. The van der Waals surface area contributed by atoms with E-state index in [2.05, 4.69) is 31.9 Å². The fourth-order valence-electron chi connectivity index (χ4n) is 4.37. The number of halogens is 2. The normalized spacial score (nSPS) is 10.7. The molecule has 5 rings (SSSR count). The highest BCUT2D eigenvalue weighted by Gasteiger charge is 2.24. The standard InChI is InChI=1S/C32H20Br2O2/c33-28-19-8-6-13-22(28)23-17-10-18-27(30(23)26-16-7-9-20-29(26)34)32(36)25-15-5-4-14-24(25)31(35)21-11-2-1-3-12-21/h1-20H. The lowest BCUT2D eigenvalue weighted by Gasteiger charge is -2.18. The molecule has 0 heterocycles. The van der Waals surface area contributed by atoms with E-state index in [1.54, 1.807) is 36.4 Å². The van der Waals surface area contributed by atoms with Crippen LogP contribution >= 0.6 is 31.9 Å². The highest BCUT2D eigenvalue weighted by Crippen LogP contribution is 2.41. The van der Waals surface area contributed by atoms with Gasteiger partial charge in [-0.3, -0.25) is 9.59 Å². The molecule has 0 saturated carbocycles. The molecule has 4 heteroatoms. The van der Waals surface area contributed by atoms with Crippen LogP contribution in [0.2, 0.25) is 0 Å². The average Bonchev–Trinajstić information content (AvgIpc) is 2.93. The van der Waals surface area contributed by atoms with Gasteiger partial charge < -0.3 is 0 Å². The maximum absolute atomic E-state index is 14.2. The van der Waals surface area contributed by atoms with Gasteiger partial charge in [-0.1, -0.05) is 141 Å². The Morgan fingerprint density at radius 2 is 0.889 bits per heavy atom. The van der Waals surface area contributed by atoms with Gasteiger partial charge in [0.15, 0.2) is 11.6 Å². The minimum atomic E-state index is -0.200. The zero-order valence-corrected chi connectivity index (χ0v) is 22.3. The first-order valence-corrected chi connectivity index (χ1v) is 13.0. The minimum Gasteiger partial charge on any atom is -0.289 e. The minimum absolute atomic E-state index is 0.177. The molecule has 36 heavy (non-hydrogen) atoms. The van der Waals surface area contributed by atoms with E-state index in [9.17, 15) is 9.59 Å². The molecule has 2 nitrogen and oxygen atoms in total. The van der Waals surface area contributed by atoms with Crippen molar-refractivity contribution in [2.75, 3.05) is 0 Å². The Morgan fingerprint density at radius 1 is 0.417 bits per heavy atom. The molecule has 0 unspecified atom stereocenters. The summed E-state index contributed by atoms with van der Waals surface area (Å²) in [5.41, 5.74) is 5.46. The maximum atomic E-state index is 14.2. The van der Waals surface area contributed by atoms with E-state index < -0.39 is 0 Å². The number of carbonyl (C=O) groups is 2. The number of benzene rings is 5. The number of rotatable bonds is 6. The Bertz CT molecular complexity index is 1590. The molecule has 0 radical (unpaired) electrons. The molecule has 0 bridgehead atoms. The fourth-order valence-corrected chi connectivity index (χ4v) is 5.35. The molecule has 0 saturated heterocycles. The first-order chi connectivity index (χ1) is 17.6. The Labute approximate surface area is 226 Å². The van der Waals surface area contributed by atoms with Crippen LogP contribution in [0, 0.1) is 0 Å². The van der Waals surface area contributed by atoms with Crippen molar-refractivity contribution in [2.24, 2.45) is 0 Å². The first-order valence-electron chi connectivity index (χ1n) is 11.4. The molecule has 0 aromatic heterocycles. The van der Waals surface area contributed by atoms with Crippen molar-refractivity contribution in [3.63, 3.8) is 0 Å². The lowest BCUT2D eigenvalue weighted by Crippen LogP contribution is -2.12. The third-order valence-corrected chi connectivity index (χ3v) is 7.45. The Kier molecular flexibility index (Phi) is 7.08. The second-order valence-electron chi connectivity index (χ2n) is 8.26. The van der Waals surface area contributed by atoms with E-state index in [-0.39, 0.29) is 11.6 Å². The predicted molar refractivity (Wildman–Crippen MR) is 152 cm³/mol. The molecule has 5 aromatic carbocycles. The summed E-state index contributed by atoms with van der Waals surface area (Å²) in [6, 6.07) is 37.7. The lowest BCUT2D eigenvalue weighted by atomic mass is 9.86. The molecule has 0 aliphatic carbocycles. The van der Waals surface area contributed by atoms with Crippen LogP contribution in [0.4, 0.5) is 0 Å². The molecular weight excluding hydrogens is 576 g/mol. The van der Waals surface area contributed by atoms with Gasteiger partial charge in [0.1, 0.15) is 0 Å². The predicted octanol–water partition coefficient (Wildman–Crippen LogP) is 9.01. The van der Waals surface area contributed by atoms with Crippen LogP contribution in [0.3, 0.4) is 0 Å². The second kappa shape index (κ2) is 10.6. The Hall–Kier alpha value is -3.60. The lowest BCUT2D eigenvalue weighted by molar-refractivity contribution is 0.100. The van der Waals surface area contributed by atoms with E-state index >= 15 is 0 Å². The van der Waals surface area contributed by atoms with Crippen LogP contribution in [0.15, 0.2) is 130 Å². The van der Waals surface area contributed by atoms with E-state index in [1.807, 2.05) is 84.9 Å². The molecule has 5 aromatic rings. The summed E-state index contributed by atoms with van der Waals surface area (Å²) in [7, 11) is 0. The highest BCUT2D eigenvalue weighted by atomic mass is 79.9. The molecule has 0 aliphatic heterocycles. The average molecular weight is 596 g/mol. The van der Waals surface area contributed by atoms with Gasteiger partial charge in [0.2, 0.25) is 0 Å². The summed E-state index contributed by atoms with van der Waals surface area (Å²) in [5.74, 6) is -0.376. The van der Waals surface area contributed by atoms with E-state index in [4.69, 9.17) is 0 Å². The molecular formula is C32H20Br2O2. The van der Waals surface area contributed by atoms with Crippen molar-refractivity contribution in [3.8, 4) is 22.3 Å². The van der Waals surface area contributed by atoms with Gasteiger partial charge in [-0.05, 0) is 28.8 Å². The summed E-state index contributed by atoms with van der Waals surface area (Å²) < 4.78 is 1.81. The van der Waals surface area contributed by atoms with Gasteiger partial charge in [-0.15, -0.1) is 0 Å². The number of carbonyl (C=O) groups excluding carboxylic acids is 2. The summed E-state index contributed by atoms with van der Waals surface area (Å²) in [5, 5.41) is 0. The van der Waals surface area contributed by atoms with Crippen LogP contribution in [-0.4, -0.2) is 11.6 Å². The molecule has 0 spiro atoms. The third kappa shape index (κ3) is 4.62. The van der Waals surface area contributed by atoms with Crippen LogP contribution in [0.5, 0.6) is 0 Å². The second-order valence-corrected chi connectivity index (χ2v) is 9.97.